The maximum Gasteiger partial charge on any atom is 0.283 e. The first-order valence-electron chi connectivity index (χ1n) is 7.17. The summed E-state index contributed by atoms with van der Waals surface area (Å²) < 4.78 is 2.03. The average molecular weight is 344 g/mol. The summed E-state index contributed by atoms with van der Waals surface area (Å²) in [5.41, 5.74) is 0.649. The highest BCUT2D eigenvalue weighted by molar-refractivity contribution is 9.10. The second-order valence-electron chi connectivity index (χ2n) is 5.90. The number of rotatable bonds is 4. The van der Waals surface area contributed by atoms with Crippen LogP contribution in [0.2, 0.25) is 0 Å². The molecule has 0 aromatic carbocycles. The van der Waals surface area contributed by atoms with E-state index >= 15 is 0 Å². The molecule has 20 heavy (non-hydrogen) atoms. The monoisotopic (exact) mass is 343 g/mol. The van der Waals surface area contributed by atoms with Gasteiger partial charge in [0.25, 0.3) is 5.56 Å². The molecule has 1 aromatic rings. The Labute approximate surface area is 127 Å². The first-order chi connectivity index (χ1) is 9.47. The van der Waals surface area contributed by atoms with Gasteiger partial charge in [0.15, 0.2) is 0 Å². The number of nitrogens with one attached hydrogen (secondary N) is 1. The zero-order valence-corrected chi connectivity index (χ0v) is 13.6. The van der Waals surface area contributed by atoms with E-state index in [-0.39, 0.29) is 11.7 Å². The van der Waals surface area contributed by atoms with Gasteiger partial charge in [-0.1, -0.05) is 13.8 Å². The number of hydrogen-bond donors (Lipinski definition) is 2. The summed E-state index contributed by atoms with van der Waals surface area (Å²) in [5, 5.41) is 17.1. The molecule has 0 atom stereocenters. The minimum Gasteiger partial charge on any atom is -0.393 e. The molecule has 2 N–H and O–H groups in total. The fourth-order valence-electron chi connectivity index (χ4n) is 2.48. The maximum absolute atomic E-state index is 12.2. The Morgan fingerprint density at radius 1 is 1.45 bits per heavy atom. The van der Waals surface area contributed by atoms with Crippen LogP contribution in [0.3, 0.4) is 0 Å². The van der Waals surface area contributed by atoms with E-state index in [0.29, 0.717) is 23.0 Å². The Morgan fingerprint density at radius 3 is 2.70 bits per heavy atom. The predicted molar refractivity (Wildman–Crippen MR) is 82.9 cm³/mol. The van der Waals surface area contributed by atoms with Crippen molar-refractivity contribution in [2.75, 3.05) is 5.32 Å². The molecule has 0 spiro atoms. The van der Waals surface area contributed by atoms with Crippen molar-refractivity contribution in [2.45, 2.75) is 58.2 Å². The third kappa shape index (κ3) is 3.82. The van der Waals surface area contributed by atoms with Crippen molar-refractivity contribution in [3.63, 3.8) is 0 Å². The Morgan fingerprint density at radius 2 is 2.10 bits per heavy atom. The Kier molecular flexibility index (Phi) is 5.21. The highest BCUT2D eigenvalue weighted by Crippen LogP contribution is 2.24. The van der Waals surface area contributed by atoms with Crippen molar-refractivity contribution in [2.24, 2.45) is 5.92 Å². The Bertz CT molecular complexity index is 508. The van der Waals surface area contributed by atoms with Gasteiger partial charge in [-0.05, 0) is 47.5 Å². The highest BCUT2D eigenvalue weighted by Gasteiger charge is 2.20. The van der Waals surface area contributed by atoms with Gasteiger partial charge in [0.05, 0.1) is 18.0 Å². The summed E-state index contributed by atoms with van der Waals surface area (Å²) in [4.78, 5) is 12.2. The summed E-state index contributed by atoms with van der Waals surface area (Å²) in [7, 11) is 0. The van der Waals surface area contributed by atoms with E-state index in [1.807, 2.05) is 0 Å². The van der Waals surface area contributed by atoms with E-state index in [0.717, 1.165) is 31.4 Å². The lowest BCUT2D eigenvalue weighted by Crippen LogP contribution is -2.31. The lowest BCUT2D eigenvalue weighted by molar-refractivity contribution is 0.126. The van der Waals surface area contributed by atoms with Crippen molar-refractivity contribution in [3.8, 4) is 0 Å². The smallest absolute Gasteiger partial charge is 0.283 e. The number of hydrogen-bond acceptors (Lipinski definition) is 4. The molecule has 1 fully saturated rings. The lowest BCUT2D eigenvalue weighted by atomic mass is 9.93. The molecule has 6 heteroatoms. The number of halogens is 1. The van der Waals surface area contributed by atoms with Crippen LogP contribution in [0.1, 0.15) is 39.5 Å². The maximum atomic E-state index is 12.2. The molecule has 0 bridgehead atoms. The third-order valence-corrected chi connectivity index (χ3v) is 4.35. The zero-order chi connectivity index (χ0) is 14.7. The van der Waals surface area contributed by atoms with E-state index < -0.39 is 0 Å². The van der Waals surface area contributed by atoms with Gasteiger partial charge in [-0.2, -0.15) is 5.10 Å². The summed E-state index contributed by atoms with van der Waals surface area (Å²) in [6.45, 7) is 4.73. The topological polar surface area (TPSA) is 67.2 Å². The minimum absolute atomic E-state index is 0.0976. The minimum atomic E-state index is -0.173. The second-order valence-corrected chi connectivity index (χ2v) is 6.70. The van der Waals surface area contributed by atoms with Gasteiger partial charge in [0.1, 0.15) is 4.47 Å². The summed E-state index contributed by atoms with van der Waals surface area (Å²) >= 11 is 3.37. The van der Waals surface area contributed by atoms with E-state index in [1.165, 1.54) is 4.68 Å². The normalized spacial score (nSPS) is 23.1. The van der Waals surface area contributed by atoms with Crippen LogP contribution in [-0.2, 0) is 6.54 Å². The van der Waals surface area contributed by atoms with Crippen LogP contribution in [-0.4, -0.2) is 27.0 Å². The molecule has 0 amide bonds. The molecule has 5 nitrogen and oxygen atoms in total. The predicted octanol–water partition coefficient (Wildman–Crippen LogP) is 2.38. The van der Waals surface area contributed by atoms with E-state index in [2.05, 4.69) is 40.2 Å². The van der Waals surface area contributed by atoms with E-state index in [4.69, 9.17) is 0 Å². The van der Waals surface area contributed by atoms with E-state index in [1.54, 1.807) is 6.20 Å². The molecule has 1 aliphatic carbocycles. The first kappa shape index (κ1) is 15.5. The quantitative estimate of drug-likeness (QED) is 0.880. The van der Waals surface area contributed by atoms with Crippen LogP contribution in [0.25, 0.3) is 0 Å². The van der Waals surface area contributed by atoms with Crippen molar-refractivity contribution in [1.82, 2.24) is 9.78 Å². The molecule has 1 aliphatic rings. The van der Waals surface area contributed by atoms with Crippen LogP contribution in [0.4, 0.5) is 5.69 Å². The molecule has 1 heterocycles. The van der Waals surface area contributed by atoms with Crippen molar-refractivity contribution < 1.29 is 5.11 Å². The molecule has 2 rings (SSSR count). The van der Waals surface area contributed by atoms with Crippen LogP contribution in [0.5, 0.6) is 0 Å². The van der Waals surface area contributed by atoms with Gasteiger partial charge in [-0.25, -0.2) is 4.68 Å². The van der Waals surface area contributed by atoms with Gasteiger partial charge in [0.2, 0.25) is 0 Å². The zero-order valence-electron chi connectivity index (χ0n) is 12.0. The van der Waals surface area contributed by atoms with Crippen LogP contribution in [0.15, 0.2) is 15.5 Å². The molecule has 1 saturated carbocycles. The largest absolute Gasteiger partial charge is 0.393 e. The van der Waals surface area contributed by atoms with Crippen molar-refractivity contribution in [1.29, 1.82) is 0 Å². The molecule has 0 radical (unpaired) electrons. The molecular weight excluding hydrogens is 322 g/mol. The highest BCUT2D eigenvalue weighted by atomic mass is 79.9. The lowest BCUT2D eigenvalue weighted by Gasteiger charge is -2.27. The van der Waals surface area contributed by atoms with Gasteiger partial charge >= 0.3 is 0 Å². The van der Waals surface area contributed by atoms with Crippen molar-refractivity contribution >= 4 is 21.6 Å². The number of aliphatic hydroxyl groups is 1. The fraction of sp³-hybridized carbons (Fsp3) is 0.714. The van der Waals surface area contributed by atoms with Crippen LogP contribution >= 0.6 is 15.9 Å². The number of aliphatic hydroxyl groups excluding tert-OH is 1. The van der Waals surface area contributed by atoms with Gasteiger partial charge in [-0.3, -0.25) is 4.79 Å². The molecule has 0 unspecified atom stereocenters. The Balaban J connectivity index is 2.09. The van der Waals surface area contributed by atoms with Crippen molar-refractivity contribution in [3.05, 3.63) is 21.0 Å². The molecule has 0 aliphatic heterocycles. The summed E-state index contributed by atoms with van der Waals surface area (Å²) in [5.74, 6) is 0.380. The molecular formula is C14H22BrN3O2. The fourth-order valence-corrected chi connectivity index (χ4v) is 2.90. The average Bonchev–Trinajstić information content (AvgIpc) is 2.40. The first-order valence-corrected chi connectivity index (χ1v) is 7.97. The second kappa shape index (κ2) is 6.72. The van der Waals surface area contributed by atoms with E-state index in [9.17, 15) is 9.90 Å². The van der Waals surface area contributed by atoms with Crippen LogP contribution in [0, 0.1) is 5.92 Å². The summed E-state index contributed by atoms with van der Waals surface area (Å²) in [6.07, 6.45) is 5.00. The standard InChI is InChI=1S/C14H22BrN3O2/c1-9(2)8-18-14(20)13(15)12(7-16-18)17-10-3-5-11(19)6-4-10/h7,9-11,17,19H,3-6,8H2,1-2H3. The van der Waals surface area contributed by atoms with Gasteiger partial charge in [0, 0.05) is 12.6 Å². The number of aromatic nitrogens is 2. The third-order valence-electron chi connectivity index (χ3n) is 3.58. The summed E-state index contributed by atoms with van der Waals surface area (Å²) in [6, 6.07) is 0.303. The number of anilines is 1. The SMILES string of the molecule is CC(C)Cn1ncc(NC2CCC(O)CC2)c(Br)c1=O. The Hall–Kier alpha value is -0.880. The van der Waals surface area contributed by atoms with Crippen LogP contribution < -0.4 is 10.9 Å². The van der Waals surface area contributed by atoms with Gasteiger partial charge in [-0.15, -0.1) is 0 Å². The molecule has 1 aromatic heterocycles. The number of nitrogens with zero attached hydrogens (tertiary/aromatic N) is 2. The molecule has 0 saturated heterocycles. The van der Waals surface area contributed by atoms with Gasteiger partial charge < -0.3 is 10.4 Å². The molecule has 112 valence electrons.